The van der Waals surface area contributed by atoms with E-state index in [0.29, 0.717) is 13.0 Å². The zero-order valence-corrected chi connectivity index (χ0v) is 14.8. The van der Waals surface area contributed by atoms with Crippen LogP contribution in [-0.4, -0.2) is 31.7 Å². The predicted octanol–water partition coefficient (Wildman–Crippen LogP) is 2.66. The molecule has 6 nitrogen and oxygen atoms in total. The number of aryl methyl sites for hydroxylation is 2. The van der Waals surface area contributed by atoms with Crippen LogP contribution in [0.3, 0.4) is 0 Å². The van der Waals surface area contributed by atoms with Gasteiger partial charge in [0.05, 0.1) is 17.7 Å². The molecule has 0 spiro atoms. The molecule has 0 aliphatic carbocycles. The summed E-state index contributed by atoms with van der Waals surface area (Å²) in [6.45, 7) is 4.29. The van der Waals surface area contributed by atoms with Crippen molar-refractivity contribution >= 4 is 23.2 Å². The summed E-state index contributed by atoms with van der Waals surface area (Å²) >= 11 is 1.52. The molecule has 1 N–H and O–H groups in total. The van der Waals surface area contributed by atoms with Gasteiger partial charge in [0.25, 0.3) is 0 Å². The van der Waals surface area contributed by atoms with Crippen LogP contribution in [0.15, 0.2) is 16.8 Å². The molecular formula is C17H21N3O3S. The van der Waals surface area contributed by atoms with Gasteiger partial charge in [-0.15, -0.1) is 0 Å². The Kier molecular flexibility index (Phi) is 4.45. The maximum absolute atomic E-state index is 12.6. The highest BCUT2D eigenvalue weighted by Crippen LogP contribution is 2.39. The van der Waals surface area contributed by atoms with E-state index in [0.717, 1.165) is 22.5 Å². The zero-order chi connectivity index (χ0) is 17.4. The van der Waals surface area contributed by atoms with E-state index in [1.165, 1.54) is 11.3 Å². The number of thiophene rings is 1. The molecule has 0 radical (unpaired) electrons. The number of carboxylic acid groups (broad SMARTS) is 1. The molecule has 0 saturated carbocycles. The number of likely N-dealkylation sites (tertiary alicyclic amines) is 1. The number of aromatic nitrogens is 2. The highest BCUT2D eigenvalue weighted by Gasteiger charge is 2.41. The number of piperidine rings is 1. The van der Waals surface area contributed by atoms with Crippen LogP contribution in [0.4, 0.5) is 0 Å². The Morgan fingerprint density at radius 2 is 2.21 bits per heavy atom. The van der Waals surface area contributed by atoms with Gasteiger partial charge in [0.1, 0.15) is 0 Å². The minimum absolute atomic E-state index is 0.00588. The third-order valence-electron chi connectivity index (χ3n) is 4.90. The molecular weight excluding hydrogens is 326 g/mol. The zero-order valence-electron chi connectivity index (χ0n) is 14.0. The lowest BCUT2D eigenvalue weighted by molar-refractivity contribution is -0.152. The normalized spacial score (nSPS) is 21.3. The van der Waals surface area contributed by atoms with E-state index in [-0.39, 0.29) is 12.3 Å². The van der Waals surface area contributed by atoms with Crippen molar-refractivity contribution in [3.05, 3.63) is 39.3 Å². The van der Waals surface area contributed by atoms with Gasteiger partial charge in [0.15, 0.2) is 0 Å². The van der Waals surface area contributed by atoms with Crippen molar-refractivity contribution in [2.45, 2.75) is 39.3 Å². The summed E-state index contributed by atoms with van der Waals surface area (Å²) in [6.07, 6.45) is 0.659. The van der Waals surface area contributed by atoms with E-state index in [1.54, 1.807) is 9.58 Å². The van der Waals surface area contributed by atoms with E-state index >= 15 is 0 Å². The Balaban J connectivity index is 2.01. The van der Waals surface area contributed by atoms with Crippen molar-refractivity contribution in [2.75, 3.05) is 0 Å². The van der Waals surface area contributed by atoms with Gasteiger partial charge < -0.3 is 10.0 Å². The number of nitrogens with zero attached hydrogens (tertiary/aromatic N) is 3. The first-order valence-electron chi connectivity index (χ1n) is 7.93. The number of aliphatic carboxylic acids is 1. The largest absolute Gasteiger partial charge is 0.481 e. The van der Waals surface area contributed by atoms with Crippen molar-refractivity contribution in [1.82, 2.24) is 14.7 Å². The molecule has 0 aromatic carbocycles. The second kappa shape index (κ2) is 6.39. The molecule has 128 valence electrons. The summed E-state index contributed by atoms with van der Waals surface area (Å²) in [4.78, 5) is 26.1. The Morgan fingerprint density at radius 3 is 2.75 bits per heavy atom. The topological polar surface area (TPSA) is 75.4 Å². The average molecular weight is 347 g/mol. The summed E-state index contributed by atoms with van der Waals surface area (Å²) in [7, 11) is 1.88. The third-order valence-corrected chi connectivity index (χ3v) is 5.60. The maximum Gasteiger partial charge on any atom is 0.308 e. The maximum atomic E-state index is 12.6. The van der Waals surface area contributed by atoms with Gasteiger partial charge in [-0.3, -0.25) is 14.3 Å². The van der Waals surface area contributed by atoms with E-state index in [2.05, 4.69) is 5.10 Å². The summed E-state index contributed by atoms with van der Waals surface area (Å²) < 4.78 is 1.80. The summed E-state index contributed by atoms with van der Waals surface area (Å²) in [6, 6.07) is 1.49. The third kappa shape index (κ3) is 2.84. The first-order chi connectivity index (χ1) is 11.4. The van der Waals surface area contributed by atoms with Crippen LogP contribution >= 0.6 is 11.3 Å². The first-order valence-corrected chi connectivity index (χ1v) is 8.88. The highest BCUT2D eigenvalue weighted by atomic mass is 32.1. The number of hydrogen-bond donors (Lipinski definition) is 1. The molecule has 1 amide bonds. The molecule has 3 rings (SSSR count). The lowest BCUT2D eigenvalue weighted by Gasteiger charge is -2.39. The second-order valence-corrected chi connectivity index (χ2v) is 7.06. The van der Waals surface area contributed by atoms with E-state index < -0.39 is 17.9 Å². The summed E-state index contributed by atoms with van der Waals surface area (Å²) in [5, 5.41) is 17.9. The molecule has 0 unspecified atom stereocenters. The van der Waals surface area contributed by atoms with Crippen LogP contribution in [0.25, 0.3) is 0 Å². The molecule has 1 fully saturated rings. The van der Waals surface area contributed by atoms with Crippen LogP contribution in [0.2, 0.25) is 0 Å². The lowest BCUT2D eigenvalue weighted by atomic mass is 9.85. The fraction of sp³-hybridized carbons (Fsp3) is 0.471. The van der Waals surface area contributed by atoms with Crippen molar-refractivity contribution in [3.8, 4) is 0 Å². The molecule has 7 heteroatoms. The predicted molar refractivity (Wildman–Crippen MR) is 90.7 cm³/mol. The van der Waals surface area contributed by atoms with Gasteiger partial charge in [-0.25, -0.2) is 0 Å². The Morgan fingerprint density at radius 1 is 1.46 bits per heavy atom. The van der Waals surface area contributed by atoms with Gasteiger partial charge in [-0.2, -0.15) is 16.4 Å². The smallest absolute Gasteiger partial charge is 0.308 e. The molecule has 1 aliphatic heterocycles. The Bertz CT molecular complexity index is 766. The van der Waals surface area contributed by atoms with Gasteiger partial charge in [-0.05, 0) is 42.7 Å². The van der Waals surface area contributed by atoms with Crippen LogP contribution in [0.1, 0.15) is 41.4 Å². The molecule has 1 saturated heterocycles. The number of amides is 1. The number of hydrogen-bond acceptors (Lipinski definition) is 4. The van der Waals surface area contributed by atoms with E-state index in [9.17, 15) is 14.7 Å². The van der Waals surface area contributed by atoms with Crippen molar-refractivity contribution in [3.63, 3.8) is 0 Å². The van der Waals surface area contributed by atoms with Gasteiger partial charge >= 0.3 is 5.97 Å². The Hall–Kier alpha value is -2.15. The quantitative estimate of drug-likeness (QED) is 0.922. The van der Waals surface area contributed by atoms with Crippen LogP contribution in [-0.2, 0) is 23.2 Å². The van der Waals surface area contributed by atoms with Crippen molar-refractivity contribution in [1.29, 1.82) is 0 Å². The first kappa shape index (κ1) is 16.7. The molecule has 1 aliphatic rings. The second-order valence-electron chi connectivity index (χ2n) is 6.28. The van der Waals surface area contributed by atoms with Gasteiger partial charge in [0.2, 0.25) is 5.91 Å². The van der Waals surface area contributed by atoms with E-state index in [1.807, 2.05) is 37.7 Å². The molecule has 24 heavy (non-hydrogen) atoms. The fourth-order valence-electron chi connectivity index (χ4n) is 3.47. The average Bonchev–Trinajstić information content (AvgIpc) is 3.13. The van der Waals surface area contributed by atoms with Crippen LogP contribution in [0, 0.1) is 19.8 Å². The number of carboxylic acids is 1. The van der Waals surface area contributed by atoms with Crippen LogP contribution in [0.5, 0.6) is 0 Å². The van der Waals surface area contributed by atoms with Crippen LogP contribution < -0.4 is 0 Å². The highest BCUT2D eigenvalue weighted by molar-refractivity contribution is 7.08. The summed E-state index contributed by atoms with van der Waals surface area (Å²) in [5.74, 6) is -1.41. The van der Waals surface area contributed by atoms with Crippen molar-refractivity contribution in [2.24, 2.45) is 13.0 Å². The monoisotopic (exact) mass is 347 g/mol. The summed E-state index contributed by atoms with van der Waals surface area (Å²) in [5.41, 5.74) is 3.78. The molecule has 2 atom stereocenters. The molecule has 2 aromatic rings. The fourth-order valence-corrected chi connectivity index (χ4v) is 4.16. The van der Waals surface area contributed by atoms with Crippen molar-refractivity contribution < 1.29 is 14.7 Å². The molecule has 0 bridgehead atoms. The lowest BCUT2D eigenvalue weighted by Crippen LogP contribution is -2.44. The number of carbonyl (C=O) groups is 2. The van der Waals surface area contributed by atoms with E-state index in [4.69, 9.17) is 0 Å². The number of carbonyl (C=O) groups excluding carboxylic acids is 1. The minimum Gasteiger partial charge on any atom is -0.481 e. The van der Waals surface area contributed by atoms with Gasteiger partial charge in [0, 0.05) is 31.3 Å². The standard InChI is InChI=1S/C17H21N3O3S/c1-10-14(11(2)19(3)18-10)8-20-15(21)5-4-13(17(22)23)16(20)12-6-7-24-9-12/h6-7,9,13,16H,4-5,8H2,1-3H3,(H,22,23)/t13-,16-/m1/s1. The van der Waals surface area contributed by atoms with Gasteiger partial charge in [-0.1, -0.05) is 0 Å². The SMILES string of the molecule is Cc1nn(C)c(C)c1CN1C(=O)CC[C@@H](C(=O)O)[C@H]1c1ccsc1. The minimum atomic E-state index is -0.844. The Labute approximate surface area is 144 Å². The molecule has 2 aromatic heterocycles. The molecule has 3 heterocycles. The number of rotatable bonds is 4.